The number of morpholine rings is 1. The summed E-state index contributed by atoms with van der Waals surface area (Å²) in [4.78, 5) is 99.3. The molecule has 4 N–H and O–H groups in total. The number of carbonyl (C=O) groups excluding carboxylic acids is 7. The molecule has 64 heavy (non-hydrogen) atoms. The highest BCUT2D eigenvalue weighted by molar-refractivity contribution is 5.99. The van der Waals surface area contributed by atoms with Crippen molar-refractivity contribution in [2.24, 2.45) is 11.8 Å². The van der Waals surface area contributed by atoms with Crippen LogP contribution in [0.4, 0.5) is 0 Å². The highest BCUT2D eigenvalue weighted by Crippen LogP contribution is 2.30. The molecule has 16 heteroatoms. The van der Waals surface area contributed by atoms with Gasteiger partial charge in [0.15, 0.2) is 12.5 Å². The number of epoxide rings is 1. The lowest BCUT2D eigenvalue weighted by Gasteiger charge is -2.34. The van der Waals surface area contributed by atoms with Gasteiger partial charge in [0, 0.05) is 25.9 Å². The molecule has 0 saturated carbocycles. The Morgan fingerprint density at radius 3 is 1.95 bits per heavy atom. The number of nitrogens with zero attached hydrogens (tertiary/aromatic N) is 2. The maximum atomic E-state index is 14.7. The monoisotopic (exact) mass is 886 g/mol. The van der Waals surface area contributed by atoms with Crippen LogP contribution < -0.4 is 21.3 Å². The third-order valence-corrected chi connectivity index (χ3v) is 11.0. The molecule has 2 aliphatic rings. The third kappa shape index (κ3) is 17.2. The van der Waals surface area contributed by atoms with Crippen molar-refractivity contribution >= 4 is 41.3 Å². The van der Waals surface area contributed by atoms with Crippen LogP contribution in [0, 0.1) is 24.2 Å². The van der Waals surface area contributed by atoms with Crippen LogP contribution in [0.25, 0.3) is 0 Å². The van der Waals surface area contributed by atoms with Crippen molar-refractivity contribution in [3.63, 3.8) is 0 Å². The van der Waals surface area contributed by atoms with Gasteiger partial charge < -0.3 is 35.5 Å². The van der Waals surface area contributed by atoms with Gasteiger partial charge in [-0.05, 0) is 55.6 Å². The Labute approximate surface area is 377 Å². The second-order valence-corrected chi connectivity index (χ2v) is 17.4. The van der Waals surface area contributed by atoms with Gasteiger partial charge in [0.25, 0.3) is 0 Å². The fraction of sp³-hybridized carbons (Fsp3) is 0.562. The minimum absolute atomic E-state index is 0.00173. The average Bonchev–Trinajstić information content (AvgIpc) is 4.03. The first-order valence-electron chi connectivity index (χ1n) is 22.2. The molecule has 5 atom stereocenters. The van der Waals surface area contributed by atoms with Crippen molar-refractivity contribution in [3.8, 4) is 12.3 Å². The van der Waals surface area contributed by atoms with E-state index in [0.717, 1.165) is 11.1 Å². The van der Waals surface area contributed by atoms with Crippen LogP contribution in [-0.4, -0.2) is 134 Å². The lowest BCUT2D eigenvalue weighted by atomic mass is 9.93. The molecule has 0 radical (unpaired) electrons. The fourth-order valence-corrected chi connectivity index (χ4v) is 7.32. The van der Waals surface area contributed by atoms with Gasteiger partial charge in [-0.25, -0.2) is 0 Å². The number of hydrogen-bond donors (Lipinski definition) is 4. The Bertz CT molecular complexity index is 1910. The number of ether oxygens (including phenoxy) is 3. The Morgan fingerprint density at radius 1 is 0.797 bits per heavy atom. The van der Waals surface area contributed by atoms with Crippen molar-refractivity contribution in [1.82, 2.24) is 31.1 Å². The maximum absolute atomic E-state index is 14.7. The first-order valence-corrected chi connectivity index (χ1v) is 22.2. The standard InChI is InChI=1S/C48H66N6O10/c1-7-22-49-41(55)20-21-43(57)63-32-54(42(56)30-53-23-25-62-26-24-53)40(19-18-35-14-10-8-11-15-35)47(61)52-38(28-34(4)5)45(59)51-39(29-36-16-12-9-13-17-36)46(60)50-37(27-33(2)3)44(58)48(6)31-64-48/h1,8-17,33-34,37-40H,18-32H2,2-6H3,(H,49,55)(H,50,60)(H,51,59)(H,52,61)/t37-,38-,39-,40-,48+/m0/s1. The summed E-state index contributed by atoms with van der Waals surface area (Å²) in [6.45, 7) is 10.7. The lowest BCUT2D eigenvalue weighted by Crippen LogP contribution is -2.60. The lowest BCUT2D eigenvalue weighted by molar-refractivity contribution is -0.160. The summed E-state index contributed by atoms with van der Waals surface area (Å²) in [5.74, 6) is -1.55. The summed E-state index contributed by atoms with van der Waals surface area (Å²) in [5, 5.41) is 11.2. The fourth-order valence-electron chi connectivity index (χ4n) is 7.32. The summed E-state index contributed by atoms with van der Waals surface area (Å²) < 4.78 is 16.5. The van der Waals surface area contributed by atoms with Crippen LogP contribution in [0.3, 0.4) is 0 Å². The number of amides is 5. The van der Waals surface area contributed by atoms with E-state index < -0.39 is 72.0 Å². The van der Waals surface area contributed by atoms with E-state index in [-0.39, 0.29) is 69.4 Å². The van der Waals surface area contributed by atoms with Crippen LogP contribution in [-0.2, 0) is 60.6 Å². The third-order valence-electron chi connectivity index (χ3n) is 11.0. The number of hydrogen-bond acceptors (Lipinski definition) is 11. The molecular weight excluding hydrogens is 821 g/mol. The maximum Gasteiger partial charge on any atom is 0.308 e. The summed E-state index contributed by atoms with van der Waals surface area (Å²) in [7, 11) is 0. The molecule has 5 amide bonds. The Hall–Kier alpha value is -5.63. The van der Waals surface area contributed by atoms with Crippen LogP contribution in [0.2, 0.25) is 0 Å². The second-order valence-electron chi connectivity index (χ2n) is 17.4. The van der Waals surface area contributed by atoms with E-state index in [1.54, 1.807) is 6.92 Å². The highest BCUT2D eigenvalue weighted by atomic mass is 16.6. The summed E-state index contributed by atoms with van der Waals surface area (Å²) in [6.07, 6.45) is 5.81. The number of benzene rings is 2. The Balaban J connectivity index is 1.62. The molecule has 2 aromatic carbocycles. The first kappa shape index (κ1) is 51.0. The van der Waals surface area contributed by atoms with E-state index in [4.69, 9.17) is 20.6 Å². The second kappa shape index (κ2) is 25.6. The average molecular weight is 887 g/mol. The molecular formula is C48H66N6O10. The number of aryl methyl sites for hydroxylation is 1. The quantitative estimate of drug-likeness (QED) is 0.0467. The zero-order chi connectivity index (χ0) is 46.6. The smallest absolute Gasteiger partial charge is 0.308 e. The van der Waals surface area contributed by atoms with Gasteiger partial charge in [0.05, 0.1) is 45.4 Å². The number of ketones is 1. The normalized spacial score (nSPS) is 17.8. The van der Waals surface area contributed by atoms with Crippen LogP contribution in [0.5, 0.6) is 0 Å². The van der Waals surface area contributed by atoms with Gasteiger partial charge in [-0.2, -0.15) is 0 Å². The minimum Gasteiger partial charge on any atom is -0.444 e. The van der Waals surface area contributed by atoms with Crippen molar-refractivity contribution in [2.75, 3.05) is 52.7 Å². The molecule has 2 fully saturated rings. The largest absolute Gasteiger partial charge is 0.444 e. The molecule has 0 unspecified atom stereocenters. The number of Topliss-reactive ketones (excluding diaryl/α,β-unsaturated/α-hetero) is 1. The molecule has 2 heterocycles. The topological polar surface area (TPSA) is 205 Å². The molecule has 2 aromatic rings. The molecule has 0 aliphatic carbocycles. The van der Waals surface area contributed by atoms with Crippen molar-refractivity contribution < 1.29 is 47.8 Å². The number of carbonyl (C=O) groups is 7. The molecule has 348 valence electrons. The Kier molecular flexibility index (Phi) is 20.4. The molecule has 0 bridgehead atoms. The van der Waals surface area contributed by atoms with Crippen LogP contribution in [0.15, 0.2) is 60.7 Å². The van der Waals surface area contributed by atoms with E-state index in [1.807, 2.05) is 93.3 Å². The van der Waals surface area contributed by atoms with Gasteiger partial charge >= 0.3 is 5.97 Å². The number of esters is 1. The number of nitrogens with one attached hydrogen (secondary N) is 4. The van der Waals surface area contributed by atoms with Gasteiger partial charge in [-0.1, -0.05) is 94.3 Å². The molecule has 0 spiro atoms. The zero-order valence-electron chi connectivity index (χ0n) is 37.9. The number of terminal acetylenes is 1. The van der Waals surface area contributed by atoms with Crippen LogP contribution >= 0.6 is 0 Å². The van der Waals surface area contributed by atoms with E-state index in [0.29, 0.717) is 39.1 Å². The van der Waals surface area contributed by atoms with E-state index in [9.17, 15) is 33.6 Å². The molecule has 2 saturated heterocycles. The van der Waals surface area contributed by atoms with E-state index in [2.05, 4.69) is 27.2 Å². The van der Waals surface area contributed by atoms with Gasteiger partial charge in [0.1, 0.15) is 23.7 Å². The molecule has 16 nitrogen and oxygen atoms in total. The van der Waals surface area contributed by atoms with E-state index >= 15 is 0 Å². The van der Waals surface area contributed by atoms with Crippen molar-refractivity contribution in [2.45, 2.75) is 109 Å². The summed E-state index contributed by atoms with van der Waals surface area (Å²) in [5.41, 5.74) is 0.664. The highest BCUT2D eigenvalue weighted by Gasteiger charge is 2.50. The van der Waals surface area contributed by atoms with Gasteiger partial charge in [-0.3, -0.25) is 43.4 Å². The van der Waals surface area contributed by atoms with Crippen molar-refractivity contribution in [1.29, 1.82) is 0 Å². The van der Waals surface area contributed by atoms with Gasteiger partial charge in [0.2, 0.25) is 29.5 Å². The predicted octanol–water partition coefficient (Wildman–Crippen LogP) is 2.33. The summed E-state index contributed by atoms with van der Waals surface area (Å²) in [6, 6.07) is 14.1. The SMILES string of the molecule is C#CCNC(=O)CCC(=O)OCN(C(=O)CN1CCOCC1)[C@@H](CCc1ccccc1)C(=O)N[C@@H](CC(C)C)C(=O)N[C@@H](Cc1ccccc1)C(=O)N[C@@H](CC(C)C)C(=O)[C@@]1(C)CO1. The van der Waals surface area contributed by atoms with Gasteiger partial charge in [-0.15, -0.1) is 6.42 Å². The Morgan fingerprint density at radius 2 is 1.36 bits per heavy atom. The van der Waals surface area contributed by atoms with E-state index in [1.165, 1.54) is 4.90 Å². The molecule has 0 aromatic heterocycles. The molecule has 4 rings (SSSR count). The minimum atomic E-state index is -1.22. The van der Waals surface area contributed by atoms with Crippen molar-refractivity contribution in [3.05, 3.63) is 71.8 Å². The predicted molar refractivity (Wildman–Crippen MR) is 239 cm³/mol. The number of rotatable bonds is 26. The molecule has 2 aliphatic heterocycles. The summed E-state index contributed by atoms with van der Waals surface area (Å²) >= 11 is 0. The van der Waals surface area contributed by atoms with Crippen LogP contribution in [0.1, 0.15) is 77.8 Å². The zero-order valence-corrected chi connectivity index (χ0v) is 37.9. The first-order chi connectivity index (χ1) is 30.6.